The molecule has 0 saturated heterocycles. The molecule has 106 valence electrons. The Labute approximate surface area is 121 Å². The Bertz CT molecular complexity index is 716. The van der Waals surface area contributed by atoms with E-state index in [2.05, 4.69) is 10.4 Å². The summed E-state index contributed by atoms with van der Waals surface area (Å²) >= 11 is 0. The zero-order chi connectivity index (χ0) is 15.1. The first-order valence-electron chi connectivity index (χ1n) is 6.48. The summed E-state index contributed by atoms with van der Waals surface area (Å²) < 4.78 is 1.12. The molecule has 0 aliphatic carbocycles. The van der Waals surface area contributed by atoms with Gasteiger partial charge in [-0.15, -0.1) is 0 Å². The van der Waals surface area contributed by atoms with Crippen molar-refractivity contribution < 1.29 is 4.79 Å². The highest BCUT2D eigenvalue weighted by molar-refractivity contribution is 5.75. The van der Waals surface area contributed by atoms with Gasteiger partial charge in [-0.3, -0.25) is 9.59 Å². The normalized spacial score (nSPS) is 9.86. The molecule has 1 aromatic carbocycles. The summed E-state index contributed by atoms with van der Waals surface area (Å²) in [5.74, 6) is -0.343. The predicted molar refractivity (Wildman–Crippen MR) is 77.2 cm³/mol. The number of benzene rings is 1. The van der Waals surface area contributed by atoms with Crippen LogP contribution in [-0.2, 0) is 11.3 Å². The van der Waals surface area contributed by atoms with Gasteiger partial charge in [0.25, 0.3) is 5.56 Å². The average molecular weight is 282 g/mol. The number of hydrogen-bond donors (Lipinski definition) is 1. The largest absolute Gasteiger partial charge is 0.353 e. The summed E-state index contributed by atoms with van der Waals surface area (Å²) in [5.41, 5.74) is 1.15. The molecule has 0 unspecified atom stereocenters. The molecule has 21 heavy (non-hydrogen) atoms. The molecule has 0 aliphatic rings. The summed E-state index contributed by atoms with van der Waals surface area (Å²) in [4.78, 5) is 23.4. The number of nitriles is 1. The molecule has 0 atom stereocenters. The van der Waals surface area contributed by atoms with E-state index in [1.165, 1.54) is 6.07 Å². The van der Waals surface area contributed by atoms with Gasteiger partial charge in [0.2, 0.25) is 5.91 Å². The molecule has 1 amide bonds. The number of nitrogens with one attached hydrogen (secondary N) is 1. The van der Waals surface area contributed by atoms with E-state index in [0.717, 1.165) is 10.2 Å². The monoisotopic (exact) mass is 282 g/mol. The molecule has 0 bridgehead atoms. The second-order valence-corrected chi connectivity index (χ2v) is 4.34. The third-order valence-electron chi connectivity index (χ3n) is 2.79. The minimum Gasteiger partial charge on any atom is -0.353 e. The van der Waals surface area contributed by atoms with Crippen LogP contribution in [0.15, 0.2) is 47.3 Å². The fourth-order valence-electron chi connectivity index (χ4n) is 1.77. The van der Waals surface area contributed by atoms with Gasteiger partial charge >= 0.3 is 0 Å². The quantitative estimate of drug-likeness (QED) is 0.827. The molecule has 0 aliphatic heterocycles. The third kappa shape index (κ3) is 4.01. The third-order valence-corrected chi connectivity index (χ3v) is 2.79. The van der Waals surface area contributed by atoms with E-state index >= 15 is 0 Å². The van der Waals surface area contributed by atoms with Gasteiger partial charge in [0.05, 0.1) is 18.2 Å². The number of carbonyl (C=O) groups excluding carboxylic acids is 1. The first-order valence-corrected chi connectivity index (χ1v) is 6.48. The highest BCUT2D eigenvalue weighted by atomic mass is 16.2. The van der Waals surface area contributed by atoms with E-state index < -0.39 is 0 Å². The fourth-order valence-corrected chi connectivity index (χ4v) is 1.77. The van der Waals surface area contributed by atoms with Crippen LogP contribution in [0.25, 0.3) is 11.3 Å². The van der Waals surface area contributed by atoms with Crippen LogP contribution in [0.1, 0.15) is 6.42 Å². The van der Waals surface area contributed by atoms with E-state index in [0.29, 0.717) is 5.69 Å². The number of nitrogens with zero attached hydrogens (tertiary/aromatic N) is 3. The van der Waals surface area contributed by atoms with Crippen molar-refractivity contribution in [3.8, 4) is 17.3 Å². The van der Waals surface area contributed by atoms with Crippen molar-refractivity contribution in [2.24, 2.45) is 0 Å². The van der Waals surface area contributed by atoms with Crippen molar-refractivity contribution in [3.05, 3.63) is 52.8 Å². The van der Waals surface area contributed by atoms with Crippen LogP contribution >= 0.6 is 0 Å². The fraction of sp³-hybridized carbons (Fsp3) is 0.200. The molecule has 2 aromatic rings. The van der Waals surface area contributed by atoms with Gasteiger partial charge in [-0.2, -0.15) is 10.4 Å². The predicted octanol–water partition coefficient (Wildman–Crippen LogP) is 0.940. The van der Waals surface area contributed by atoms with Crippen molar-refractivity contribution >= 4 is 5.91 Å². The van der Waals surface area contributed by atoms with Gasteiger partial charge in [0.1, 0.15) is 6.54 Å². The minimum absolute atomic E-state index is 0.162. The molecular weight excluding hydrogens is 268 g/mol. The standard InChI is InChI=1S/C15H14N4O2/c16-9-4-10-17-14(20)11-19-15(21)8-7-13(18-19)12-5-2-1-3-6-12/h1-3,5-8H,4,10-11H2,(H,17,20). The zero-order valence-electron chi connectivity index (χ0n) is 11.3. The summed E-state index contributed by atoms with van der Waals surface area (Å²) in [7, 11) is 0. The number of rotatable bonds is 5. The average Bonchev–Trinajstić information content (AvgIpc) is 2.51. The lowest BCUT2D eigenvalue weighted by atomic mass is 10.1. The minimum atomic E-state index is -0.343. The Balaban J connectivity index is 2.15. The lowest BCUT2D eigenvalue weighted by Crippen LogP contribution is -2.33. The molecular formula is C15H14N4O2. The lowest BCUT2D eigenvalue weighted by Gasteiger charge is -2.07. The van der Waals surface area contributed by atoms with Crippen molar-refractivity contribution in [3.63, 3.8) is 0 Å². The molecule has 1 N–H and O–H groups in total. The molecule has 1 aromatic heterocycles. The van der Waals surface area contributed by atoms with Crippen LogP contribution in [-0.4, -0.2) is 22.2 Å². The molecule has 1 heterocycles. The van der Waals surface area contributed by atoms with Crippen LogP contribution in [0.3, 0.4) is 0 Å². The SMILES string of the molecule is N#CCCNC(=O)Cn1nc(-c2ccccc2)ccc1=O. The van der Waals surface area contributed by atoms with Crippen molar-refractivity contribution in [1.29, 1.82) is 5.26 Å². The number of carbonyl (C=O) groups is 1. The molecule has 6 heteroatoms. The molecule has 0 spiro atoms. The number of aromatic nitrogens is 2. The highest BCUT2D eigenvalue weighted by Crippen LogP contribution is 2.13. The van der Waals surface area contributed by atoms with Crippen LogP contribution < -0.4 is 10.9 Å². The van der Waals surface area contributed by atoms with E-state index in [9.17, 15) is 9.59 Å². The van der Waals surface area contributed by atoms with Gasteiger partial charge < -0.3 is 5.32 Å². The lowest BCUT2D eigenvalue weighted by molar-refractivity contribution is -0.121. The smallest absolute Gasteiger partial charge is 0.267 e. The number of amides is 1. The van der Waals surface area contributed by atoms with E-state index in [4.69, 9.17) is 5.26 Å². The Morgan fingerprint density at radius 2 is 2.00 bits per heavy atom. The van der Waals surface area contributed by atoms with Gasteiger partial charge in [-0.05, 0) is 6.07 Å². The second kappa shape index (κ2) is 7.01. The first-order chi connectivity index (χ1) is 10.2. The number of hydrogen-bond acceptors (Lipinski definition) is 4. The van der Waals surface area contributed by atoms with E-state index in [1.54, 1.807) is 6.07 Å². The maximum atomic E-state index is 11.7. The van der Waals surface area contributed by atoms with Gasteiger partial charge in [0.15, 0.2) is 0 Å². The van der Waals surface area contributed by atoms with Crippen molar-refractivity contribution in [2.45, 2.75) is 13.0 Å². The molecule has 2 rings (SSSR count). The molecule has 0 fully saturated rings. The van der Waals surface area contributed by atoms with Crippen LogP contribution in [0.4, 0.5) is 0 Å². The zero-order valence-corrected chi connectivity index (χ0v) is 11.3. The Morgan fingerprint density at radius 3 is 2.71 bits per heavy atom. The molecule has 0 saturated carbocycles. The Morgan fingerprint density at radius 1 is 1.24 bits per heavy atom. The summed E-state index contributed by atoms with van der Waals surface area (Å²) in [6.45, 7) is 0.105. The maximum Gasteiger partial charge on any atom is 0.267 e. The van der Waals surface area contributed by atoms with Crippen molar-refractivity contribution in [1.82, 2.24) is 15.1 Å². The van der Waals surface area contributed by atoms with E-state index in [1.807, 2.05) is 36.4 Å². The van der Waals surface area contributed by atoms with Crippen LogP contribution in [0.2, 0.25) is 0 Å². The van der Waals surface area contributed by atoms with Crippen LogP contribution in [0, 0.1) is 11.3 Å². The van der Waals surface area contributed by atoms with Crippen LogP contribution in [0.5, 0.6) is 0 Å². The first kappa shape index (κ1) is 14.5. The van der Waals surface area contributed by atoms with Gasteiger partial charge in [0, 0.05) is 18.2 Å². The molecule has 6 nitrogen and oxygen atoms in total. The van der Waals surface area contributed by atoms with Gasteiger partial charge in [-0.1, -0.05) is 30.3 Å². The highest BCUT2D eigenvalue weighted by Gasteiger charge is 2.07. The topological polar surface area (TPSA) is 87.8 Å². The Hall–Kier alpha value is -2.94. The van der Waals surface area contributed by atoms with E-state index in [-0.39, 0.29) is 31.0 Å². The summed E-state index contributed by atoms with van der Waals surface area (Å²) in [6, 6.07) is 14.3. The molecule has 0 radical (unpaired) electrons. The second-order valence-electron chi connectivity index (χ2n) is 4.34. The summed E-state index contributed by atoms with van der Waals surface area (Å²) in [5, 5.41) is 15.2. The summed E-state index contributed by atoms with van der Waals surface area (Å²) in [6.07, 6.45) is 0.234. The Kier molecular flexibility index (Phi) is 4.83. The maximum absolute atomic E-state index is 11.7. The van der Waals surface area contributed by atoms with Gasteiger partial charge in [-0.25, -0.2) is 4.68 Å². The van der Waals surface area contributed by atoms with Crippen molar-refractivity contribution in [2.75, 3.05) is 6.54 Å².